The molecule has 4 heteroatoms. The lowest BCUT2D eigenvalue weighted by atomic mass is 9.93. The van der Waals surface area contributed by atoms with Gasteiger partial charge in [-0.1, -0.05) is 50.3 Å². The van der Waals surface area contributed by atoms with Gasteiger partial charge in [0.05, 0.1) is 12.6 Å². The lowest BCUT2D eigenvalue weighted by Crippen LogP contribution is -2.30. The maximum absolute atomic E-state index is 12.9. The minimum atomic E-state index is -0.0940. The Balaban J connectivity index is 2.21. The van der Waals surface area contributed by atoms with Gasteiger partial charge in [-0.3, -0.25) is 9.79 Å². The maximum Gasteiger partial charge on any atom is 0.273 e. The van der Waals surface area contributed by atoms with E-state index in [0.717, 1.165) is 23.4 Å². The van der Waals surface area contributed by atoms with Crippen LogP contribution in [0.15, 0.2) is 59.2 Å². The van der Waals surface area contributed by atoms with Crippen LogP contribution in [0.1, 0.15) is 25.5 Å². The quantitative estimate of drug-likeness (QED) is 0.869. The van der Waals surface area contributed by atoms with Crippen molar-refractivity contribution in [2.45, 2.75) is 19.9 Å². The monoisotopic (exact) mass is 309 g/mol. The van der Waals surface area contributed by atoms with Crippen LogP contribution in [0.5, 0.6) is 0 Å². The molecule has 0 radical (unpaired) electrons. The van der Waals surface area contributed by atoms with Crippen LogP contribution in [0.4, 0.5) is 0 Å². The average Bonchev–Trinajstić information content (AvgIpc) is 2.71. The van der Waals surface area contributed by atoms with E-state index in [0.29, 0.717) is 24.7 Å². The molecule has 3 rings (SSSR count). The van der Waals surface area contributed by atoms with Crippen LogP contribution in [0, 0.1) is 5.92 Å². The zero-order chi connectivity index (χ0) is 16.4. The summed E-state index contributed by atoms with van der Waals surface area (Å²) < 4.78 is 0. The molecule has 1 fully saturated rings. The van der Waals surface area contributed by atoms with E-state index in [1.165, 1.54) is 0 Å². The average molecular weight is 309 g/mol. The van der Waals surface area contributed by atoms with Crippen molar-refractivity contribution in [1.82, 2.24) is 10.2 Å². The number of rotatable bonds is 4. The van der Waals surface area contributed by atoms with E-state index in [1.807, 2.05) is 23.1 Å². The highest BCUT2D eigenvalue weighted by Crippen LogP contribution is 2.39. The SMILES string of the molecule is C=CCN1C(=O)C2=NCCNC(C(C)C)=C2C1c1ccccc1. The van der Waals surface area contributed by atoms with E-state index in [-0.39, 0.29) is 11.9 Å². The predicted octanol–water partition coefficient (Wildman–Crippen LogP) is 2.71. The van der Waals surface area contributed by atoms with Gasteiger partial charge in [0, 0.05) is 24.4 Å². The van der Waals surface area contributed by atoms with E-state index in [4.69, 9.17) is 0 Å². The van der Waals surface area contributed by atoms with E-state index in [2.05, 4.69) is 42.9 Å². The molecule has 1 saturated heterocycles. The minimum absolute atomic E-state index is 0.00982. The zero-order valence-electron chi connectivity index (χ0n) is 13.7. The summed E-state index contributed by atoms with van der Waals surface area (Å²) in [6.07, 6.45) is 1.78. The highest BCUT2D eigenvalue weighted by Gasteiger charge is 2.43. The molecule has 2 aliphatic rings. The van der Waals surface area contributed by atoms with Crippen molar-refractivity contribution in [1.29, 1.82) is 0 Å². The number of carbonyl (C=O) groups excluding carboxylic acids is 1. The second-order valence-corrected chi connectivity index (χ2v) is 6.20. The van der Waals surface area contributed by atoms with Crippen LogP contribution in [-0.4, -0.2) is 36.2 Å². The number of fused-ring (bicyclic) bond motifs is 1. The summed E-state index contributed by atoms with van der Waals surface area (Å²) in [6, 6.07) is 10.1. The molecule has 1 atom stereocenters. The second kappa shape index (κ2) is 6.41. The number of carbonyl (C=O) groups is 1. The Hall–Kier alpha value is -2.36. The number of hydrogen-bond acceptors (Lipinski definition) is 3. The summed E-state index contributed by atoms with van der Waals surface area (Å²) in [5.41, 5.74) is 3.91. The number of hydrogen-bond donors (Lipinski definition) is 1. The van der Waals surface area contributed by atoms with Crippen molar-refractivity contribution in [3.8, 4) is 0 Å². The molecule has 1 N–H and O–H groups in total. The van der Waals surface area contributed by atoms with Gasteiger partial charge < -0.3 is 10.2 Å². The van der Waals surface area contributed by atoms with Crippen molar-refractivity contribution < 1.29 is 4.79 Å². The molecule has 0 saturated carbocycles. The number of amides is 1. The van der Waals surface area contributed by atoms with Gasteiger partial charge in [0.25, 0.3) is 5.91 Å². The number of benzene rings is 1. The van der Waals surface area contributed by atoms with Gasteiger partial charge in [0.15, 0.2) is 0 Å². The van der Waals surface area contributed by atoms with Gasteiger partial charge in [0.2, 0.25) is 0 Å². The molecule has 1 aromatic carbocycles. The first kappa shape index (κ1) is 15.5. The normalized spacial score (nSPS) is 21.0. The molecule has 1 amide bonds. The smallest absolute Gasteiger partial charge is 0.273 e. The standard InChI is InChI=1S/C19H23N3O/c1-4-12-22-18(14-8-6-5-7-9-14)15-16(13(2)3)20-10-11-21-17(15)19(22)23/h4-9,13,18,20H,1,10-12H2,2-3H3. The molecule has 4 nitrogen and oxygen atoms in total. The predicted molar refractivity (Wildman–Crippen MR) is 93.3 cm³/mol. The topological polar surface area (TPSA) is 44.7 Å². The first-order chi connectivity index (χ1) is 11.1. The van der Waals surface area contributed by atoms with Gasteiger partial charge in [0.1, 0.15) is 5.71 Å². The Morgan fingerprint density at radius 2 is 2.13 bits per heavy atom. The molecular weight excluding hydrogens is 286 g/mol. The minimum Gasteiger partial charge on any atom is -0.386 e. The van der Waals surface area contributed by atoms with Gasteiger partial charge in [-0.15, -0.1) is 6.58 Å². The van der Waals surface area contributed by atoms with Crippen molar-refractivity contribution in [2.75, 3.05) is 19.6 Å². The highest BCUT2D eigenvalue weighted by molar-refractivity contribution is 6.48. The van der Waals surface area contributed by atoms with Crippen LogP contribution < -0.4 is 5.32 Å². The summed E-state index contributed by atoms with van der Waals surface area (Å²) in [5.74, 6) is 0.326. The number of nitrogens with one attached hydrogen (secondary N) is 1. The lowest BCUT2D eigenvalue weighted by Gasteiger charge is -2.26. The van der Waals surface area contributed by atoms with Crippen LogP contribution in [0.3, 0.4) is 0 Å². The van der Waals surface area contributed by atoms with Crippen LogP contribution >= 0.6 is 0 Å². The third-order valence-electron chi connectivity index (χ3n) is 4.31. The molecule has 2 aliphatic heterocycles. The van der Waals surface area contributed by atoms with Gasteiger partial charge in [-0.2, -0.15) is 0 Å². The fourth-order valence-electron chi connectivity index (χ4n) is 3.36. The zero-order valence-corrected chi connectivity index (χ0v) is 13.7. The molecule has 23 heavy (non-hydrogen) atoms. The molecule has 0 bridgehead atoms. The largest absolute Gasteiger partial charge is 0.386 e. The fraction of sp³-hybridized carbons (Fsp3) is 0.368. The van der Waals surface area contributed by atoms with Crippen LogP contribution in [0.25, 0.3) is 0 Å². The fourth-order valence-corrected chi connectivity index (χ4v) is 3.36. The van der Waals surface area contributed by atoms with Crippen molar-refractivity contribution in [2.24, 2.45) is 10.9 Å². The Labute approximate surface area is 137 Å². The Morgan fingerprint density at radius 3 is 2.78 bits per heavy atom. The molecule has 2 heterocycles. The van der Waals surface area contributed by atoms with E-state index in [9.17, 15) is 4.79 Å². The number of aliphatic imine (C=N–C) groups is 1. The number of allylic oxidation sites excluding steroid dienone is 1. The van der Waals surface area contributed by atoms with Crippen molar-refractivity contribution >= 4 is 11.6 Å². The van der Waals surface area contributed by atoms with Crippen molar-refractivity contribution in [3.63, 3.8) is 0 Å². The second-order valence-electron chi connectivity index (χ2n) is 6.20. The van der Waals surface area contributed by atoms with Gasteiger partial charge in [-0.25, -0.2) is 0 Å². The molecular formula is C19H23N3O. The molecule has 0 aromatic heterocycles. The summed E-state index contributed by atoms with van der Waals surface area (Å²) in [7, 11) is 0. The molecule has 120 valence electrons. The van der Waals surface area contributed by atoms with Crippen molar-refractivity contribution in [3.05, 3.63) is 59.8 Å². The van der Waals surface area contributed by atoms with Gasteiger partial charge in [-0.05, 0) is 11.5 Å². The Bertz CT molecular complexity index is 673. The molecule has 0 aliphatic carbocycles. The third kappa shape index (κ3) is 2.69. The van der Waals surface area contributed by atoms with Gasteiger partial charge >= 0.3 is 0 Å². The first-order valence-electron chi connectivity index (χ1n) is 8.14. The van der Waals surface area contributed by atoms with E-state index < -0.39 is 0 Å². The summed E-state index contributed by atoms with van der Waals surface area (Å²) in [4.78, 5) is 19.4. The molecule has 1 aromatic rings. The Morgan fingerprint density at radius 1 is 1.39 bits per heavy atom. The maximum atomic E-state index is 12.9. The first-order valence-corrected chi connectivity index (χ1v) is 8.14. The molecule has 0 spiro atoms. The van der Waals surface area contributed by atoms with E-state index in [1.54, 1.807) is 6.08 Å². The lowest BCUT2D eigenvalue weighted by molar-refractivity contribution is -0.123. The Kier molecular flexibility index (Phi) is 4.33. The summed E-state index contributed by atoms with van der Waals surface area (Å²) in [5, 5.41) is 3.50. The number of likely N-dealkylation sites (tertiary alicyclic amines) is 1. The van der Waals surface area contributed by atoms with Crippen LogP contribution in [-0.2, 0) is 4.79 Å². The summed E-state index contributed by atoms with van der Waals surface area (Å²) >= 11 is 0. The highest BCUT2D eigenvalue weighted by atomic mass is 16.2. The number of nitrogens with zero attached hydrogens (tertiary/aromatic N) is 2. The molecule has 1 unspecified atom stereocenters. The summed E-state index contributed by atoms with van der Waals surface area (Å²) in [6.45, 7) is 10.0. The third-order valence-corrected chi connectivity index (χ3v) is 4.31. The van der Waals surface area contributed by atoms with Crippen LogP contribution in [0.2, 0.25) is 0 Å². The van der Waals surface area contributed by atoms with E-state index >= 15 is 0 Å².